The number of rotatable bonds is 9. The van der Waals surface area contributed by atoms with Gasteiger partial charge in [0.2, 0.25) is 0 Å². The summed E-state index contributed by atoms with van der Waals surface area (Å²) >= 11 is 0. The van der Waals surface area contributed by atoms with E-state index < -0.39 is 6.61 Å². The maximum Gasteiger partial charge on any atom is 0.387 e. The second-order valence-electron chi connectivity index (χ2n) is 6.28. The second kappa shape index (κ2) is 13.1. The third-order valence-electron chi connectivity index (χ3n) is 4.26. The monoisotopic (exact) mass is 535 g/mol. The van der Waals surface area contributed by atoms with Crippen molar-refractivity contribution in [3.63, 3.8) is 0 Å². The van der Waals surface area contributed by atoms with Gasteiger partial charge in [0.05, 0.1) is 14.2 Å². The van der Waals surface area contributed by atoms with Gasteiger partial charge in [-0.25, -0.2) is 0 Å². The van der Waals surface area contributed by atoms with Crippen LogP contribution in [0.3, 0.4) is 0 Å². The van der Waals surface area contributed by atoms with Crippen LogP contribution in [-0.2, 0) is 13.0 Å². The summed E-state index contributed by atoms with van der Waals surface area (Å²) in [6, 6.07) is 10.9. The van der Waals surface area contributed by atoms with Crippen molar-refractivity contribution < 1.29 is 23.0 Å². The van der Waals surface area contributed by atoms with E-state index >= 15 is 0 Å². The van der Waals surface area contributed by atoms with Crippen LogP contribution in [0.4, 0.5) is 8.78 Å². The quantitative estimate of drug-likeness (QED) is 0.287. The molecule has 2 N–H and O–H groups in total. The number of nitrogens with one attached hydrogen (secondary N) is 2. The Morgan fingerprint density at radius 2 is 1.70 bits per heavy atom. The highest BCUT2D eigenvalue weighted by Crippen LogP contribution is 2.27. The zero-order valence-corrected chi connectivity index (χ0v) is 19.8. The number of aliphatic imine (C=N–C) groups is 1. The first-order valence-corrected chi connectivity index (χ1v) is 9.16. The summed E-state index contributed by atoms with van der Waals surface area (Å²) < 4.78 is 40.3. The second-order valence-corrected chi connectivity index (χ2v) is 6.28. The van der Waals surface area contributed by atoms with Crippen LogP contribution in [0.25, 0.3) is 0 Å². The van der Waals surface area contributed by atoms with Gasteiger partial charge in [0.25, 0.3) is 0 Å². The Labute approximate surface area is 193 Å². The summed E-state index contributed by atoms with van der Waals surface area (Å²) in [5, 5.41) is 6.33. The van der Waals surface area contributed by atoms with Gasteiger partial charge in [-0.3, -0.25) is 4.99 Å². The van der Waals surface area contributed by atoms with E-state index in [2.05, 4.69) is 20.4 Å². The van der Waals surface area contributed by atoms with E-state index in [0.29, 0.717) is 36.1 Å². The fourth-order valence-corrected chi connectivity index (χ4v) is 2.82. The molecule has 0 aliphatic carbocycles. The van der Waals surface area contributed by atoms with Gasteiger partial charge in [-0.1, -0.05) is 23.8 Å². The summed E-state index contributed by atoms with van der Waals surface area (Å²) in [7, 11) is 4.85. The predicted molar refractivity (Wildman–Crippen MR) is 125 cm³/mol. The van der Waals surface area contributed by atoms with Gasteiger partial charge >= 0.3 is 6.61 Å². The molecule has 0 amide bonds. The number of ether oxygens (including phenoxy) is 3. The standard InChI is InChI=1S/C21H27F2N3O3.HI/c1-14-5-7-17(29-20(22)23)16(11-14)13-26-21(24-2)25-10-9-15-6-8-18(27-3)19(12-15)28-4;/h5-8,11-12,20H,9-10,13H2,1-4H3,(H2,24,25,26);1H. The van der Waals surface area contributed by atoms with Crippen LogP contribution in [0.2, 0.25) is 0 Å². The lowest BCUT2D eigenvalue weighted by Crippen LogP contribution is -2.38. The molecule has 0 saturated heterocycles. The van der Waals surface area contributed by atoms with Gasteiger partial charge in [-0.05, 0) is 37.1 Å². The Morgan fingerprint density at radius 3 is 2.33 bits per heavy atom. The summed E-state index contributed by atoms with van der Waals surface area (Å²) in [6.07, 6.45) is 0.741. The van der Waals surface area contributed by atoms with Gasteiger partial charge in [0.1, 0.15) is 5.75 Å². The molecule has 0 saturated carbocycles. The van der Waals surface area contributed by atoms with E-state index in [1.54, 1.807) is 33.4 Å². The minimum absolute atomic E-state index is 0. The molecule has 0 radical (unpaired) electrons. The fraction of sp³-hybridized carbons (Fsp3) is 0.381. The lowest BCUT2D eigenvalue weighted by molar-refractivity contribution is -0.0504. The zero-order valence-electron chi connectivity index (χ0n) is 17.5. The first-order chi connectivity index (χ1) is 14.0. The van der Waals surface area contributed by atoms with Gasteiger partial charge in [-0.2, -0.15) is 8.78 Å². The summed E-state index contributed by atoms with van der Waals surface area (Å²) in [5.41, 5.74) is 2.67. The number of halogens is 3. The molecule has 0 heterocycles. The number of benzene rings is 2. The molecule has 2 rings (SSSR count). The third kappa shape index (κ3) is 7.85. The lowest BCUT2D eigenvalue weighted by Gasteiger charge is -2.15. The summed E-state index contributed by atoms with van der Waals surface area (Å²) in [5.74, 6) is 2.08. The smallest absolute Gasteiger partial charge is 0.387 e. The van der Waals surface area contributed by atoms with Crippen LogP contribution in [0.15, 0.2) is 41.4 Å². The average Bonchev–Trinajstić information content (AvgIpc) is 2.71. The molecular formula is C21H28F2IN3O3. The van der Waals surface area contributed by atoms with Gasteiger partial charge < -0.3 is 24.8 Å². The normalized spacial score (nSPS) is 11.0. The largest absolute Gasteiger partial charge is 0.493 e. The van der Waals surface area contributed by atoms with Crippen molar-refractivity contribution in [2.75, 3.05) is 27.8 Å². The third-order valence-corrected chi connectivity index (χ3v) is 4.26. The summed E-state index contributed by atoms with van der Waals surface area (Å²) in [4.78, 5) is 4.17. The molecule has 9 heteroatoms. The highest BCUT2D eigenvalue weighted by Gasteiger charge is 2.11. The number of aryl methyl sites for hydroxylation is 1. The highest BCUT2D eigenvalue weighted by molar-refractivity contribution is 14.0. The topological polar surface area (TPSA) is 64.1 Å². The Hall–Kier alpha value is -2.30. The molecule has 6 nitrogen and oxygen atoms in total. The average molecular weight is 535 g/mol. The maximum absolute atomic E-state index is 12.6. The Balaban J connectivity index is 0.00000450. The Kier molecular flexibility index (Phi) is 11.2. The van der Waals surface area contributed by atoms with Crippen molar-refractivity contribution >= 4 is 29.9 Å². The van der Waals surface area contributed by atoms with Crippen molar-refractivity contribution in [3.05, 3.63) is 53.1 Å². The van der Waals surface area contributed by atoms with E-state index in [1.165, 1.54) is 0 Å². The molecule has 166 valence electrons. The van der Waals surface area contributed by atoms with E-state index in [-0.39, 0.29) is 29.7 Å². The molecule has 30 heavy (non-hydrogen) atoms. The van der Waals surface area contributed by atoms with Gasteiger partial charge in [0, 0.05) is 25.7 Å². The lowest BCUT2D eigenvalue weighted by atomic mass is 10.1. The Morgan fingerprint density at radius 1 is 1.00 bits per heavy atom. The van der Waals surface area contributed by atoms with Crippen LogP contribution >= 0.6 is 24.0 Å². The van der Waals surface area contributed by atoms with Crippen LogP contribution in [0.5, 0.6) is 17.2 Å². The van der Waals surface area contributed by atoms with Crippen molar-refractivity contribution in [1.82, 2.24) is 10.6 Å². The molecule has 0 bridgehead atoms. The van der Waals surface area contributed by atoms with Crippen LogP contribution in [0.1, 0.15) is 16.7 Å². The number of guanidine groups is 1. The molecule has 0 aliphatic rings. The highest BCUT2D eigenvalue weighted by atomic mass is 127. The van der Waals surface area contributed by atoms with Crippen molar-refractivity contribution in [2.45, 2.75) is 26.5 Å². The SMILES string of the molecule is CN=C(NCCc1ccc(OC)c(OC)c1)NCc1cc(C)ccc1OC(F)F.I. The maximum atomic E-state index is 12.6. The summed E-state index contributed by atoms with van der Waals surface area (Å²) in [6.45, 7) is -0.0370. The first-order valence-electron chi connectivity index (χ1n) is 9.16. The van der Waals surface area contributed by atoms with Crippen molar-refractivity contribution in [2.24, 2.45) is 4.99 Å². The fourth-order valence-electron chi connectivity index (χ4n) is 2.82. The van der Waals surface area contributed by atoms with E-state index in [4.69, 9.17) is 9.47 Å². The molecule has 2 aromatic carbocycles. The molecule has 0 fully saturated rings. The van der Waals surface area contributed by atoms with Gasteiger partial charge in [0.15, 0.2) is 17.5 Å². The molecule has 0 spiro atoms. The van der Waals surface area contributed by atoms with Crippen molar-refractivity contribution in [1.29, 1.82) is 0 Å². The van der Waals surface area contributed by atoms with E-state index in [1.807, 2.05) is 31.2 Å². The zero-order chi connectivity index (χ0) is 21.2. The number of methoxy groups -OCH3 is 2. The first kappa shape index (κ1) is 25.7. The van der Waals surface area contributed by atoms with Crippen molar-refractivity contribution in [3.8, 4) is 17.2 Å². The number of alkyl halides is 2. The van der Waals surface area contributed by atoms with Crippen LogP contribution < -0.4 is 24.8 Å². The predicted octanol–water partition coefficient (Wildman–Crippen LogP) is 4.14. The molecule has 0 aliphatic heterocycles. The minimum atomic E-state index is -2.87. The minimum Gasteiger partial charge on any atom is -0.493 e. The number of hydrogen-bond acceptors (Lipinski definition) is 4. The number of nitrogens with zero attached hydrogens (tertiary/aromatic N) is 1. The Bertz CT molecular complexity index is 835. The molecular weight excluding hydrogens is 507 g/mol. The van der Waals surface area contributed by atoms with E-state index in [9.17, 15) is 8.78 Å². The van der Waals surface area contributed by atoms with Crippen LogP contribution in [-0.4, -0.2) is 40.4 Å². The van der Waals surface area contributed by atoms with Crippen LogP contribution in [0, 0.1) is 6.92 Å². The molecule has 0 atom stereocenters. The van der Waals surface area contributed by atoms with E-state index in [0.717, 1.165) is 17.5 Å². The molecule has 0 aromatic heterocycles. The number of hydrogen-bond donors (Lipinski definition) is 2. The van der Waals surface area contributed by atoms with Gasteiger partial charge in [-0.15, -0.1) is 24.0 Å². The molecule has 2 aromatic rings. The molecule has 0 unspecified atom stereocenters.